The van der Waals surface area contributed by atoms with Crippen LogP contribution in [0.1, 0.15) is 11.1 Å². The van der Waals surface area contributed by atoms with Gasteiger partial charge in [-0.05, 0) is 5.56 Å². The Morgan fingerprint density at radius 1 is 1.25 bits per heavy atom. The number of hydrogen-bond donors (Lipinski definition) is 2. The number of nitrogens with zero attached hydrogens (tertiary/aromatic N) is 1. The van der Waals surface area contributed by atoms with E-state index in [2.05, 4.69) is 9.72 Å². The number of aliphatic carboxylic acids is 1. The third-order valence-corrected chi connectivity index (χ3v) is 1.94. The molecule has 20 heavy (non-hydrogen) atoms. The van der Waals surface area contributed by atoms with E-state index in [4.69, 9.17) is 5.11 Å². The van der Waals surface area contributed by atoms with E-state index in [1.165, 1.54) is 0 Å². The van der Waals surface area contributed by atoms with E-state index in [-0.39, 0.29) is 6.20 Å². The van der Waals surface area contributed by atoms with E-state index < -0.39 is 47.7 Å². The van der Waals surface area contributed by atoms with E-state index in [1.807, 2.05) is 0 Å². The number of halogens is 6. The van der Waals surface area contributed by atoms with Gasteiger partial charge in [0, 0.05) is 6.20 Å². The zero-order chi connectivity index (χ0) is 15.7. The lowest BCUT2D eigenvalue weighted by Crippen LogP contribution is -2.20. The fraction of sp³-hybridized carbons (Fsp3) is 0.333. The molecule has 1 aromatic heterocycles. The molecule has 0 unspecified atom stereocenters. The van der Waals surface area contributed by atoms with Gasteiger partial charge in [0.25, 0.3) is 5.88 Å². The summed E-state index contributed by atoms with van der Waals surface area (Å²) >= 11 is 0. The molecular formula is C9H5F6NO4. The molecule has 0 aliphatic heterocycles. The van der Waals surface area contributed by atoms with Gasteiger partial charge in [0.2, 0.25) is 0 Å². The van der Waals surface area contributed by atoms with Crippen molar-refractivity contribution in [3.05, 3.63) is 17.3 Å². The number of pyridine rings is 1. The van der Waals surface area contributed by atoms with Crippen LogP contribution >= 0.6 is 0 Å². The average molecular weight is 305 g/mol. The van der Waals surface area contributed by atoms with Gasteiger partial charge in [-0.15, -0.1) is 13.2 Å². The number of ether oxygens (including phenoxy) is 1. The highest BCUT2D eigenvalue weighted by Crippen LogP contribution is 2.43. The van der Waals surface area contributed by atoms with Gasteiger partial charge in [0.1, 0.15) is 5.56 Å². The summed E-state index contributed by atoms with van der Waals surface area (Å²) in [7, 11) is 0. The molecule has 0 saturated heterocycles. The molecule has 0 radical (unpaired) electrons. The van der Waals surface area contributed by atoms with Gasteiger partial charge in [0.05, 0.1) is 6.42 Å². The Bertz CT molecular complexity index is 524. The highest BCUT2D eigenvalue weighted by molar-refractivity contribution is 5.71. The van der Waals surface area contributed by atoms with Crippen molar-refractivity contribution in [2.24, 2.45) is 0 Å². The van der Waals surface area contributed by atoms with E-state index in [0.717, 1.165) is 0 Å². The van der Waals surface area contributed by atoms with Crippen LogP contribution in [0.5, 0.6) is 11.6 Å². The van der Waals surface area contributed by atoms with Crippen LogP contribution in [0.3, 0.4) is 0 Å². The molecule has 0 aromatic carbocycles. The third kappa shape index (κ3) is 3.90. The third-order valence-electron chi connectivity index (χ3n) is 1.94. The molecule has 1 heterocycles. The van der Waals surface area contributed by atoms with E-state index in [0.29, 0.717) is 0 Å². The van der Waals surface area contributed by atoms with Crippen molar-refractivity contribution in [3.63, 3.8) is 0 Å². The van der Waals surface area contributed by atoms with Gasteiger partial charge < -0.3 is 14.9 Å². The SMILES string of the molecule is O=C(O)Cc1cnc(OC(F)(F)F)c(O)c1C(F)(F)F. The van der Waals surface area contributed by atoms with Crippen LogP contribution in [0.25, 0.3) is 0 Å². The minimum absolute atomic E-state index is 0.248. The quantitative estimate of drug-likeness (QED) is 0.838. The van der Waals surface area contributed by atoms with Gasteiger partial charge >= 0.3 is 18.5 Å². The summed E-state index contributed by atoms with van der Waals surface area (Å²) in [5, 5.41) is 17.6. The van der Waals surface area contributed by atoms with Crippen LogP contribution < -0.4 is 4.74 Å². The largest absolute Gasteiger partial charge is 0.574 e. The van der Waals surface area contributed by atoms with Crippen LogP contribution in [0, 0.1) is 0 Å². The summed E-state index contributed by atoms with van der Waals surface area (Å²) in [5.41, 5.74) is -2.92. The maximum Gasteiger partial charge on any atom is 0.574 e. The molecule has 0 saturated carbocycles. The molecule has 0 amide bonds. The Hall–Kier alpha value is -2.20. The Balaban J connectivity index is 3.39. The number of aromatic nitrogens is 1. The molecule has 5 nitrogen and oxygen atoms in total. The van der Waals surface area contributed by atoms with Crippen molar-refractivity contribution in [2.75, 3.05) is 0 Å². The van der Waals surface area contributed by atoms with E-state index in [9.17, 15) is 36.2 Å². The van der Waals surface area contributed by atoms with Crippen LogP contribution in [-0.4, -0.2) is 27.5 Å². The smallest absolute Gasteiger partial charge is 0.503 e. The Labute approximate surface area is 106 Å². The summed E-state index contributed by atoms with van der Waals surface area (Å²) in [4.78, 5) is 13.2. The zero-order valence-electron chi connectivity index (χ0n) is 9.21. The summed E-state index contributed by atoms with van der Waals surface area (Å²) < 4.78 is 76.8. The van der Waals surface area contributed by atoms with Crippen molar-refractivity contribution < 1.29 is 46.1 Å². The van der Waals surface area contributed by atoms with Crippen LogP contribution in [0.4, 0.5) is 26.3 Å². The molecule has 0 fully saturated rings. The maximum atomic E-state index is 12.7. The maximum absolute atomic E-state index is 12.7. The molecular weight excluding hydrogens is 300 g/mol. The summed E-state index contributed by atoms with van der Waals surface area (Å²) in [6.07, 6.45) is -11.6. The molecule has 0 atom stereocenters. The number of carbonyl (C=O) groups is 1. The standard InChI is InChI=1S/C9H5F6NO4/c10-8(11,12)5-3(1-4(17)18)2-16-7(6(5)19)20-9(13,14)15/h2,19H,1H2,(H,17,18). The molecule has 1 aromatic rings. The Kier molecular flexibility index (Phi) is 4.01. The van der Waals surface area contributed by atoms with Gasteiger partial charge in [-0.2, -0.15) is 13.2 Å². The van der Waals surface area contributed by atoms with Gasteiger partial charge in [-0.1, -0.05) is 0 Å². The van der Waals surface area contributed by atoms with Crippen molar-refractivity contribution in [2.45, 2.75) is 19.0 Å². The monoisotopic (exact) mass is 305 g/mol. The van der Waals surface area contributed by atoms with Crippen LogP contribution in [0.15, 0.2) is 6.20 Å². The number of rotatable bonds is 3. The minimum atomic E-state index is -5.36. The van der Waals surface area contributed by atoms with Gasteiger partial charge in [0.15, 0.2) is 5.75 Å². The van der Waals surface area contributed by atoms with Gasteiger partial charge in [-0.25, -0.2) is 4.98 Å². The lowest BCUT2D eigenvalue weighted by atomic mass is 10.1. The average Bonchev–Trinajstić information content (AvgIpc) is 2.17. The summed E-state index contributed by atoms with van der Waals surface area (Å²) in [6, 6.07) is 0. The molecule has 0 aliphatic carbocycles. The fourth-order valence-corrected chi connectivity index (χ4v) is 1.32. The predicted molar refractivity (Wildman–Crippen MR) is 48.9 cm³/mol. The molecule has 2 N–H and O–H groups in total. The summed E-state index contributed by atoms with van der Waals surface area (Å²) in [6.45, 7) is 0. The second kappa shape index (κ2) is 5.06. The first-order valence-electron chi connectivity index (χ1n) is 4.67. The zero-order valence-corrected chi connectivity index (χ0v) is 9.21. The first kappa shape index (κ1) is 15.9. The van der Waals surface area contributed by atoms with Crippen molar-refractivity contribution >= 4 is 5.97 Å². The normalized spacial score (nSPS) is 12.3. The predicted octanol–water partition coefficient (Wildman–Crippen LogP) is 2.33. The van der Waals surface area contributed by atoms with Crippen LogP contribution in [-0.2, 0) is 17.4 Å². The molecule has 0 spiro atoms. The number of carboxylic acid groups (broad SMARTS) is 1. The first-order chi connectivity index (χ1) is 8.92. The second-order valence-electron chi connectivity index (χ2n) is 3.43. The van der Waals surface area contributed by atoms with Gasteiger partial charge in [-0.3, -0.25) is 4.79 Å². The highest BCUT2D eigenvalue weighted by atomic mass is 19.4. The number of carboxylic acids is 1. The topological polar surface area (TPSA) is 79.7 Å². The number of alkyl halides is 6. The highest BCUT2D eigenvalue weighted by Gasteiger charge is 2.41. The molecule has 11 heteroatoms. The minimum Gasteiger partial charge on any atom is -0.503 e. The van der Waals surface area contributed by atoms with E-state index >= 15 is 0 Å². The van der Waals surface area contributed by atoms with Crippen molar-refractivity contribution in [3.8, 4) is 11.6 Å². The summed E-state index contributed by atoms with van der Waals surface area (Å²) in [5.74, 6) is -5.31. The molecule has 112 valence electrons. The molecule has 0 aliphatic rings. The lowest BCUT2D eigenvalue weighted by molar-refractivity contribution is -0.276. The molecule has 1 rings (SSSR count). The van der Waals surface area contributed by atoms with E-state index in [1.54, 1.807) is 0 Å². The Morgan fingerprint density at radius 3 is 2.20 bits per heavy atom. The fourth-order valence-electron chi connectivity index (χ4n) is 1.32. The first-order valence-corrected chi connectivity index (χ1v) is 4.67. The second-order valence-corrected chi connectivity index (χ2v) is 3.43. The van der Waals surface area contributed by atoms with Crippen LogP contribution in [0.2, 0.25) is 0 Å². The van der Waals surface area contributed by atoms with Crippen molar-refractivity contribution in [1.29, 1.82) is 0 Å². The molecule has 0 bridgehead atoms. The number of hydrogen-bond acceptors (Lipinski definition) is 4. The lowest BCUT2D eigenvalue weighted by Gasteiger charge is -2.16. The number of aromatic hydroxyl groups is 1. The Morgan fingerprint density at radius 2 is 1.80 bits per heavy atom. The van der Waals surface area contributed by atoms with Crippen molar-refractivity contribution in [1.82, 2.24) is 4.98 Å².